The summed E-state index contributed by atoms with van der Waals surface area (Å²) < 4.78 is 0. The van der Waals surface area contributed by atoms with E-state index in [1.165, 1.54) is 0 Å². The van der Waals surface area contributed by atoms with E-state index in [2.05, 4.69) is 26.1 Å². The SMILES string of the molecule is CC(C)(CCN)CCC(=O)NC1(C)CC1. The van der Waals surface area contributed by atoms with Crippen LogP contribution in [0.25, 0.3) is 0 Å². The Bertz CT molecular complexity index is 232. The minimum absolute atomic E-state index is 0.120. The van der Waals surface area contributed by atoms with E-state index in [4.69, 9.17) is 5.73 Å². The summed E-state index contributed by atoms with van der Waals surface area (Å²) >= 11 is 0. The van der Waals surface area contributed by atoms with Crippen LogP contribution in [0.3, 0.4) is 0 Å². The Balaban J connectivity index is 2.21. The first-order chi connectivity index (χ1) is 6.87. The van der Waals surface area contributed by atoms with E-state index in [0.717, 1.165) is 25.7 Å². The summed E-state index contributed by atoms with van der Waals surface area (Å²) in [5.74, 6) is 0.195. The highest BCUT2D eigenvalue weighted by atomic mass is 16.1. The molecule has 0 aromatic carbocycles. The lowest BCUT2D eigenvalue weighted by Crippen LogP contribution is -2.34. The molecule has 0 unspecified atom stereocenters. The minimum atomic E-state index is 0.120. The molecular weight excluding hydrogens is 188 g/mol. The van der Waals surface area contributed by atoms with Crippen molar-refractivity contribution in [1.29, 1.82) is 0 Å². The van der Waals surface area contributed by atoms with Crippen LogP contribution in [0.15, 0.2) is 0 Å². The number of rotatable bonds is 6. The summed E-state index contributed by atoms with van der Waals surface area (Å²) in [5.41, 5.74) is 5.84. The summed E-state index contributed by atoms with van der Waals surface area (Å²) in [6.45, 7) is 7.15. The topological polar surface area (TPSA) is 55.1 Å². The molecule has 0 bridgehead atoms. The number of nitrogens with two attached hydrogens (primary N) is 1. The number of nitrogens with one attached hydrogen (secondary N) is 1. The lowest BCUT2D eigenvalue weighted by atomic mass is 9.84. The molecule has 15 heavy (non-hydrogen) atoms. The van der Waals surface area contributed by atoms with E-state index >= 15 is 0 Å². The zero-order valence-electron chi connectivity index (χ0n) is 10.2. The van der Waals surface area contributed by atoms with E-state index < -0.39 is 0 Å². The molecule has 0 heterocycles. The lowest BCUT2D eigenvalue weighted by molar-refractivity contribution is -0.122. The van der Waals surface area contributed by atoms with Crippen LogP contribution in [0.4, 0.5) is 0 Å². The van der Waals surface area contributed by atoms with E-state index in [9.17, 15) is 4.79 Å². The summed E-state index contributed by atoms with van der Waals surface area (Å²) in [6, 6.07) is 0. The minimum Gasteiger partial charge on any atom is -0.351 e. The number of carbonyl (C=O) groups is 1. The molecule has 3 heteroatoms. The third-order valence-corrected chi connectivity index (χ3v) is 3.29. The number of carbonyl (C=O) groups excluding carboxylic acids is 1. The number of amides is 1. The smallest absolute Gasteiger partial charge is 0.220 e. The standard InChI is InChI=1S/C12H24N2O/c1-11(2,8-9-13)5-4-10(15)14-12(3)6-7-12/h4-9,13H2,1-3H3,(H,14,15). The Kier molecular flexibility index (Phi) is 3.77. The van der Waals surface area contributed by atoms with Gasteiger partial charge in [0, 0.05) is 12.0 Å². The molecule has 0 atom stereocenters. The van der Waals surface area contributed by atoms with Gasteiger partial charge in [-0.2, -0.15) is 0 Å². The molecule has 3 nitrogen and oxygen atoms in total. The third-order valence-electron chi connectivity index (χ3n) is 3.29. The molecule has 0 radical (unpaired) electrons. The van der Waals surface area contributed by atoms with Gasteiger partial charge >= 0.3 is 0 Å². The van der Waals surface area contributed by atoms with Crippen molar-refractivity contribution in [2.75, 3.05) is 6.54 Å². The Morgan fingerprint density at radius 1 is 1.40 bits per heavy atom. The Morgan fingerprint density at radius 2 is 2.00 bits per heavy atom. The fourth-order valence-electron chi connectivity index (χ4n) is 1.68. The van der Waals surface area contributed by atoms with Gasteiger partial charge in [0.25, 0.3) is 0 Å². The van der Waals surface area contributed by atoms with Crippen molar-refractivity contribution in [2.24, 2.45) is 11.1 Å². The van der Waals surface area contributed by atoms with Crippen LogP contribution in [-0.2, 0) is 4.79 Å². The molecular formula is C12H24N2O. The Hall–Kier alpha value is -0.570. The predicted molar refractivity (Wildman–Crippen MR) is 62.5 cm³/mol. The molecule has 0 aromatic heterocycles. The average molecular weight is 212 g/mol. The van der Waals surface area contributed by atoms with Crippen molar-refractivity contribution < 1.29 is 4.79 Å². The van der Waals surface area contributed by atoms with Crippen molar-refractivity contribution >= 4 is 5.91 Å². The summed E-state index contributed by atoms with van der Waals surface area (Å²) in [7, 11) is 0. The van der Waals surface area contributed by atoms with Crippen LogP contribution >= 0.6 is 0 Å². The maximum atomic E-state index is 11.6. The molecule has 0 aliphatic heterocycles. The van der Waals surface area contributed by atoms with E-state index in [0.29, 0.717) is 13.0 Å². The summed E-state index contributed by atoms with van der Waals surface area (Å²) in [6.07, 6.45) is 4.79. The van der Waals surface area contributed by atoms with Gasteiger partial charge in [-0.25, -0.2) is 0 Å². The quantitative estimate of drug-likeness (QED) is 0.705. The summed E-state index contributed by atoms with van der Waals surface area (Å²) in [4.78, 5) is 11.6. The monoisotopic (exact) mass is 212 g/mol. The van der Waals surface area contributed by atoms with Gasteiger partial charge in [0.2, 0.25) is 5.91 Å². The third kappa shape index (κ3) is 4.65. The number of hydrogen-bond acceptors (Lipinski definition) is 2. The number of hydrogen-bond donors (Lipinski definition) is 2. The van der Waals surface area contributed by atoms with Crippen LogP contribution in [0.2, 0.25) is 0 Å². The molecule has 1 rings (SSSR count). The van der Waals surface area contributed by atoms with E-state index in [1.54, 1.807) is 0 Å². The van der Waals surface area contributed by atoms with Gasteiger partial charge in [-0.1, -0.05) is 13.8 Å². The first-order valence-corrected chi connectivity index (χ1v) is 5.88. The van der Waals surface area contributed by atoms with Gasteiger partial charge in [-0.15, -0.1) is 0 Å². The highest BCUT2D eigenvalue weighted by Crippen LogP contribution is 2.34. The Morgan fingerprint density at radius 3 is 2.47 bits per heavy atom. The van der Waals surface area contributed by atoms with Gasteiger partial charge in [-0.05, 0) is 44.6 Å². The van der Waals surface area contributed by atoms with Gasteiger partial charge in [0.05, 0.1) is 0 Å². The molecule has 1 aliphatic carbocycles. The second-order valence-electron chi connectivity index (χ2n) is 5.81. The normalized spacial score (nSPS) is 18.7. The van der Waals surface area contributed by atoms with Crippen LogP contribution in [0.5, 0.6) is 0 Å². The molecule has 0 saturated heterocycles. The van der Waals surface area contributed by atoms with E-state index in [-0.39, 0.29) is 16.9 Å². The van der Waals surface area contributed by atoms with Gasteiger partial charge in [-0.3, -0.25) is 4.79 Å². The fraction of sp³-hybridized carbons (Fsp3) is 0.917. The second kappa shape index (κ2) is 4.52. The van der Waals surface area contributed by atoms with Crippen molar-refractivity contribution in [2.45, 2.75) is 58.4 Å². The van der Waals surface area contributed by atoms with Crippen molar-refractivity contribution in [1.82, 2.24) is 5.32 Å². The fourth-order valence-corrected chi connectivity index (χ4v) is 1.68. The molecule has 1 aliphatic rings. The van der Waals surface area contributed by atoms with Crippen LogP contribution < -0.4 is 11.1 Å². The largest absolute Gasteiger partial charge is 0.351 e. The highest BCUT2D eigenvalue weighted by Gasteiger charge is 2.38. The molecule has 88 valence electrons. The maximum absolute atomic E-state index is 11.6. The zero-order chi connectivity index (χ0) is 11.5. The Labute approximate surface area is 92.8 Å². The first kappa shape index (κ1) is 12.5. The lowest BCUT2D eigenvalue weighted by Gasteiger charge is -2.23. The second-order valence-corrected chi connectivity index (χ2v) is 5.81. The molecule has 1 amide bonds. The van der Waals surface area contributed by atoms with Crippen molar-refractivity contribution in [3.63, 3.8) is 0 Å². The molecule has 1 saturated carbocycles. The molecule has 0 spiro atoms. The van der Waals surface area contributed by atoms with Crippen LogP contribution in [0, 0.1) is 5.41 Å². The summed E-state index contributed by atoms with van der Waals surface area (Å²) in [5, 5.41) is 3.07. The maximum Gasteiger partial charge on any atom is 0.220 e. The van der Waals surface area contributed by atoms with Gasteiger partial charge < -0.3 is 11.1 Å². The van der Waals surface area contributed by atoms with Crippen LogP contribution in [0.1, 0.15) is 52.9 Å². The van der Waals surface area contributed by atoms with E-state index in [1.807, 2.05) is 0 Å². The van der Waals surface area contributed by atoms with Crippen molar-refractivity contribution in [3.05, 3.63) is 0 Å². The molecule has 3 N–H and O–H groups in total. The zero-order valence-corrected chi connectivity index (χ0v) is 10.2. The van der Waals surface area contributed by atoms with Gasteiger partial charge in [0.1, 0.15) is 0 Å². The molecule has 1 fully saturated rings. The molecule has 0 aromatic rings. The predicted octanol–water partition coefficient (Wildman–Crippen LogP) is 1.81. The average Bonchev–Trinajstić information content (AvgIpc) is 2.80. The highest BCUT2D eigenvalue weighted by molar-refractivity contribution is 5.77. The van der Waals surface area contributed by atoms with Gasteiger partial charge in [0.15, 0.2) is 0 Å². The first-order valence-electron chi connectivity index (χ1n) is 5.88. The van der Waals surface area contributed by atoms with Crippen molar-refractivity contribution in [3.8, 4) is 0 Å². The van der Waals surface area contributed by atoms with Crippen LogP contribution in [-0.4, -0.2) is 18.0 Å².